The molecular formula is C11H13ClN2O5. The lowest BCUT2D eigenvalue weighted by Gasteiger charge is -2.28. The minimum atomic E-state index is -1.81. The summed E-state index contributed by atoms with van der Waals surface area (Å²) in [6, 6.07) is 5.01. The fourth-order valence-corrected chi connectivity index (χ4v) is 1.63. The van der Waals surface area contributed by atoms with Gasteiger partial charge in [0.25, 0.3) is 5.69 Å². The number of carbonyl (C=O) groups is 1. The number of hydrogen-bond acceptors (Lipinski definition) is 5. The molecule has 7 nitrogen and oxygen atoms in total. The molecule has 0 aromatic heterocycles. The molecule has 1 amide bonds. The monoisotopic (exact) mass is 288 g/mol. The number of aliphatic hydroxyl groups excluding tert-OH is 1. The molecule has 0 heterocycles. The van der Waals surface area contributed by atoms with Crippen molar-refractivity contribution in [2.24, 2.45) is 0 Å². The van der Waals surface area contributed by atoms with Crippen LogP contribution in [0.2, 0.25) is 0 Å². The van der Waals surface area contributed by atoms with Gasteiger partial charge >= 0.3 is 0 Å². The van der Waals surface area contributed by atoms with E-state index in [1.165, 1.54) is 24.3 Å². The van der Waals surface area contributed by atoms with Gasteiger partial charge in [-0.25, -0.2) is 0 Å². The third-order valence-corrected chi connectivity index (χ3v) is 2.74. The number of rotatable bonds is 6. The molecular weight excluding hydrogens is 276 g/mol. The first kappa shape index (κ1) is 15.4. The van der Waals surface area contributed by atoms with Crippen molar-refractivity contribution in [3.05, 3.63) is 39.9 Å². The highest BCUT2D eigenvalue weighted by molar-refractivity contribution is 6.27. The number of amides is 1. The van der Waals surface area contributed by atoms with Crippen LogP contribution in [0.25, 0.3) is 0 Å². The predicted molar refractivity (Wildman–Crippen MR) is 67.6 cm³/mol. The Bertz CT molecular complexity index is 465. The molecule has 0 fully saturated rings. The van der Waals surface area contributed by atoms with E-state index in [0.717, 1.165) is 0 Å². The fraction of sp³-hybridized carbons (Fsp3) is 0.364. The lowest BCUT2D eigenvalue weighted by molar-refractivity contribution is -0.384. The first-order valence-corrected chi connectivity index (χ1v) is 5.91. The molecule has 0 aliphatic rings. The fourth-order valence-electron chi connectivity index (χ4n) is 1.56. The van der Waals surface area contributed by atoms with Crippen molar-refractivity contribution in [2.45, 2.75) is 12.1 Å². The molecule has 1 rings (SSSR count). The average Bonchev–Trinajstić information content (AvgIpc) is 2.39. The largest absolute Gasteiger partial charge is 0.396 e. The van der Waals surface area contributed by atoms with Gasteiger partial charge in [0.05, 0.1) is 4.92 Å². The molecule has 1 aromatic rings. The van der Waals surface area contributed by atoms with Crippen molar-refractivity contribution in [3.8, 4) is 0 Å². The predicted octanol–water partition coefficient (Wildman–Crippen LogP) is 0.477. The Morgan fingerprint density at radius 2 is 2.00 bits per heavy atom. The summed E-state index contributed by atoms with van der Waals surface area (Å²) in [6.45, 7) is -0.379. The molecule has 3 N–H and O–H groups in total. The maximum absolute atomic E-state index is 11.3. The summed E-state index contributed by atoms with van der Waals surface area (Å²) in [5, 5.41) is 32.0. The van der Waals surface area contributed by atoms with E-state index >= 15 is 0 Å². The van der Waals surface area contributed by atoms with Gasteiger partial charge in [0, 0.05) is 30.7 Å². The second kappa shape index (κ2) is 6.46. The Morgan fingerprint density at radius 1 is 1.42 bits per heavy atom. The number of nitro groups is 1. The van der Waals surface area contributed by atoms with E-state index < -0.39 is 16.6 Å². The van der Waals surface area contributed by atoms with Crippen molar-refractivity contribution in [1.82, 2.24) is 5.32 Å². The van der Waals surface area contributed by atoms with Crippen LogP contribution in [-0.2, 0) is 10.5 Å². The first-order valence-electron chi connectivity index (χ1n) is 5.38. The first-order chi connectivity index (χ1) is 8.92. The van der Waals surface area contributed by atoms with Crippen molar-refractivity contribution >= 4 is 23.2 Å². The Kier molecular flexibility index (Phi) is 5.22. The number of alkyl halides is 1. The highest BCUT2D eigenvalue weighted by Crippen LogP contribution is 2.24. The van der Waals surface area contributed by atoms with Gasteiger partial charge in [0.1, 0.15) is 5.88 Å². The van der Waals surface area contributed by atoms with Crippen LogP contribution in [-0.4, -0.2) is 33.5 Å². The topological polar surface area (TPSA) is 113 Å². The highest BCUT2D eigenvalue weighted by atomic mass is 35.5. The number of nitro benzene ring substituents is 1. The quantitative estimate of drug-likeness (QED) is 0.305. The van der Waals surface area contributed by atoms with Crippen LogP contribution < -0.4 is 5.32 Å². The molecule has 0 radical (unpaired) electrons. The van der Waals surface area contributed by atoms with E-state index in [1.54, 1.807) is 0 Å². The van der Waals surface area contributed by atoms with Crippen LogP contribution in [0.15, 0.2) is 24.3 Å². The van der Waals surface area contributed by atoms with E-state index in [2.05, 4.69) is 5.32 Å². The van der Waals surface area contributed by atoms with Gasteiger partial charge in [-0.3, -0.25) is 14.9 Å². The number of nitrogens with one attached hydrogen (secondary N) is 1. The average molecular weight is 289 g/mol. The van der Waals surface area contributed by atoms with Crippen molar-refractivity contribution in [2.75, 3.05) is 12.5 Å². The smallest absolute Gasteiger partial charge is 0.269 e. The highest BCUT2D eigenvalue weighted by Gasteiger charge is 2.30. The maximum atomic E-state index is 11.3. The van der Waals surface area contributed by atoms with Crippen LogP contribution in [0.4, 0.5) is 5.69 Å². The number of carbonyl (C=O) groups excluding carboxylic acids is 1. The van der Waals surface area contributed by atoms with Crippen molar-refractivity contribution < 1.29 is 19.9 Å². The van der Waals surface area contributed by atoms with Gasteiger partial charge in [-0.05, 0) is 12.1 Å². The Labute approximate surface area is 114 Å². The zero-order valence-corrected chi connectivity index (χ0v) is 10.6. The van der Waals surface area contributed by atoms with E-state index in [4.69, 9.17) is 16.7 Å². The molecule has 0 saturated heterocycles. The third kappa shape index (κ3) is 3.88. The number of aliphatic hydroxyl groups is 2. The lowest BCUT2D eigenvalue weighted by atomic mass is 9.99. The Hall–Kier alpha value is -1.70. The van der Waals surface area contributed by atoms with Crippen molar-refractivity contribution in [1.29, 1.82) is 0 Å². The molecule has 0 bridgehead atoms. The molecule has 19 heavy (non-hydrogen) atoms. The molecule has 0 spiro atoms. The van der Waals surface area contributed by atoms with E-state index in [9.17, 15) is 20.0 Å². The molecule has 0 aliphatic carbocycles. The van der Waals surface area contributed by atoms with Crippen LogP contribution >= 0.6 is 11.6 Å². The summed E-state index contributed by atoms with van der Waals surface area (Å²) in [6.07, 6.45) is -0.159. The zero-order chi connectivity index (χ0) is 14.5. The summed E-state index contributed by atoms with van der Waals surface area (Å²) in [5.41, 5.74) is -1.72. The van der Waals surface area contributed by atoms with Crippen LogP contribution in [0.3, 0.4) is 0 Å². The maximum Gasteiger partial charge on any atom is 0.269 e. The molecule has 104 valence electrons. The summed E-state index contributed by atoms with van der Waals surface area (Å²) in [7, 11) is 0. The standard InChI is InChI=1S/C11H13ClN2O5/c12-7-10(16)13-11(17,5-6-15)8-1-3-9(4-2-8)14(18)19/h1-4,15,17H,5-7H2,(H,13,16). The van der Waals surface area contributed by atoms with Crippen LogP contribution in [0.5, 0.6) is 0 Å². The summed E-state index contributed by atoms with van der Waals surface area (Å²) in [5.74, 6) is -0.961. The second-order valence-electron chi connectivity index (χ2n) is 3.82. The molecule has 0 saturated carbocycles. The lowest BCUT2D eigenvalue weighted by Crippen LogP contribution is -2.47. The minimum absolute atomic E-state index is 0.140. The molecule has 1 unspecified atom stereocenters. The SMILES string of the molecule is O=C(CCl)NC(O)(CCO)c1ccc([N+](=O)[O-])cc1. The summed E-state index contributed by atoms with van der Waals surface area (Å²) < 4.78 is 0. The second-order valence-corrected chi connectivity index (χ2v) is 4.09. The van der Waals surface area contributed by atoms with Gasteiger partial charge in [0.15, 0.2) is 5.72 Å². The zero-order valence-electron chi connectivity index (χ0n) is 9.88. The number of halogens is 1. The van der Waals surface area contributed by atoms with E-state index in [1.807, 2.05) is 0 Å². The van der Waals surface area contributed by atoms with Gasteiger partial charge in [-0.2, -0.15) is 0 Å². The third-order valence-electron chi connectivity index (χ3n) is 2.50. The molecule has 1 atom stereocenters. The number of non-ortho nitro benzene ring substituents is 1. The van der Waals surface area contributed by atoms with Crippen molar-refractivity contribution in [3.63, 3.8) is 0 Å². The van der Waals surface area contributed by atoms with Gasteiger partial charge < -0.3 is 15.5 Å². The van der Waals surface area contributed by atoms with E-state index in [0.29, 0.717) is 0 Å². The van der Waals surface area contributed by atoms with Crippen LogP contribution in [0, 0.1) is 10.1 Å². The van der Waals surface area contributed by atoms with Gasteiger partial charge in [-0.1, -0.05) is 0 Å². The van der Waals surface area contributed by atoms with E-state index in [-0.39, 0.29) is 30.2 Å². The normalized spacial score (nSPS) is 13.6. The molecule has 1 aromatic carbocycles. The Morgan fingerprint density at radius 3 is 2.42 bits per heavy atom. The van der Waals surface area contributed by atoms with Gasteiger partial charge in [0.2, 0.25) is 5.91 Å². The summed E-state index contributed by atoms with van der Waals surface area (Å²) in [4.78, 5) is 21.2. The Balaban J connectivity index is 3.03. The minimum Gasteiger partial charge on any atom is -0.396 e. The van der Waals surface area contributed by atoms with Gasteiger partial charge in [-0.15, -0.1) is 11.6 Å². The number of nitrogens with zero attached hydrogens (tertiary/aromatic N) is 1. The number of benzene rings is 1. The summed E-state index contributed by atoms with van der Waals surface area (Å²) >= 11 is 5.34. The number of hydrogen-bond donors (Lipinski definition) is 3. The molecule has 0 aliphatic heterocycles. The molecule has 8 heteroatoms. The van der Waals surface area contributed by atoms with Crippen LogP contribution in [0.1, 0.15) is 12.0 Å².